The predicted octanol–water partition coefficient (Wildman–Crippen LogP) is 4.03. The molecule has 0 saturated carbocycles. The van der Waals surface area contributed by atoms with Crippen LogP contribution in [0.25, 0.3) is 0 Å². The van der Waals surface area contributed by atoms with Crippen molar-refractivity contribution in [3.05, 3.63) is 47.5 Å². The van der Waals surface area contributed by atoms with Gasteiger partial charge in [0.05, 0.1) is 6.10 Å². The van der Waals surface area contributed by atoms with Crippen LogP contribution in [0.3, 0.4) is 0 Å². The molecular weight excluding hydrogens is 208 g/mol. The predicted molar refractivity (Wildman–Crippen MR) is 71.9 cm³/mol. The lowest BCUT2D eigenvalue weighted by Crippen LogP contribution is -2.14. The maximum absolute atomic E-state index is 10.4. The van der Waals surface area contributed by atoms with Gasteiger partial charge in [-0.1, -0.05) is 49.8 Å². The van der Waals surface area contributed by atoms with Gasteiger partial charge in [-0.05, 0) is 42.7 Å². The van der Waals surface area contributed by atoms with Crippen molar-refractivity contribution in [2.75, 3.05) is 0 Å². The summed E-state index contributed by atoms with van der Waals surface area (Å²) >= 11 is 0. The standard InChI is InChI=1S/C16H22O/c1-2-7-13-8-6-11-15(12-13)16(17)14-9-4-3-5-10-14/h3-4,6,8,11-12,14,16-17H,2,5,7,9-10H2,1H3. The molecule has 0 aromatic heterocycles. The summed E-state index contributed by atoms with van der Waals surface area (Å²) in [4.78, 5) is 0. The van der Waals surface area contributed by atoms with Gasteiger partial charge in [0, 0.05) is 0 Å². The molecule has 92 valence electrons. The van der Waals surface area contributed by atoms with E-state index in [1.807, 2.05) is 0 Å². The average molecular weight is 230 g/mol. The summed E-state index contributed by atoms with van der Waals surface area (Å²) in [6.45, 7) is 2.19. The van der Waals surface area contributed by atoms with Crippen LogP contribution >= 0.6 is 0 Å². The Morgan fingerprint density at radius 2 is 2.24 bits per heavy atom. The van der Waals surface area contributed by atoms with Crippen molar-refractivity contribution >= 4 is 0 Å². The molecule has 1 aromatic rings. The first-order chi connectivity index (χ1) is 8.31. The Morgan fingerprint density at radius 1 is 1.35 bits per heavy atom. The lowest BCUT2D eigenvalue weighted by molar-refractivity contribution is 0.102. The number of allylic oxidation sites excluding steroid dienone is 2. The van der Waals surface area contributed by atoms with Crippen LogP contribution in [0.1, 0.15) is 49.8 Å². The molecule has 17 heavy (non-hydrogen) atoms. The van der Waals surface area contributed by atoms with Gasteiger partial charge in [0.15, 0.2) is 0 Å². The van der Waals surface area contributed by atoms with Crippen LogP contribution in [0.4, 0.5) is 0 Å². The molecule has 1 aliphatic carbocycles. The van der Waals surface area contributed by atoms with E-state index in [-0.39, 0.29) is 6.10 Å². The highest BCUT2D eigenvalue weighted by molar-refractivity contribution is 5.26. The normalized spacial score (nSPS) is 21.4. The summed E-state index contributed by atoms with van der Waals surface area (Å²) in [5.74, 6) is 0.400. The van der Waals surface area contributed by atoms with E-state index in [4.69, 9.17) is 0 Å². The molecule has 0 heterocycles. The lowest BCUT2D eigenvalue weighted by Gasteiger charge is -2.24. The van der Waals surface area contributed by atoms with E-state index >= 15 is 0 Å². The highest BCUT2D eigenvalue weighted by Crippen LogP contribution is 2.31. The molecule has 0 radical (unpaired) electrons. The Labute approximate surface area is 104 Å². The molecule has 0 fully saturated rings. The van der Waals surface area contributed by atoms with E-state index < -0.39 is 0 Å². The summed E-state index contributed by atoms with van der Waals surface area (Å²) < 4.78 is 0. The molecule has 2 rings (SSSR count). The van der Waals surface area contributed by atoms with Gasteiger partial charge in [0.2, 0.25) is 0 Å². The van der Waals surface area contributed by atoms with Crippen molar-refractivity contribution < 1.29 is 5.11 Å². The van der Waals surface area contributed by atoms with Crippen molar-refractivity contribution in [3.8, 4) is 0 Å². The number of hydrogen-bond donors (Lipinski definition) is 1. The third-order valence-electron chi connectivity index (χ3n) is 3.59. The quantitative estimate of drug-likeness (QED) is 0.774. The molecule has 0 bridgehead atoms. The largest absolute Gasteiger partial charge is 0.388 e. The second kappa shape index (κ2) is 6.02. The van der Waals surface area contributed by atoms with Crippen molar-refractivity contribution in [3.63, 3.8) is 0 Å². The van der Waals surface area contributed by atoms with E-state index in [1.54, 1.807) is 0 Å². The maximum Gasteiger partial charge on any atom is 0.0821 e. The molecule has 2 atom stereocenters. The fraction of sp³-hybridized carbons (Fsp3) is 0.500. The number of hydrogen-bond acceptors (Lipinski definition) is 1. The van der Waals surface area contributed by atoms with Crippen LogP contribution < -0.4 is 0 Å². The van der Waals surface area contributed by atoms with Gasteiger partial charge >= 0.3 is 0 Å². The number of aliphatic hydroxyl groups excluding tert-OH is 1. The molecule has 0 amide bonds. The Hall–Kier alpha value is -1.08. The number of aryl methyl sites for hydroxylation is 1. The van der Waals surface area contributed by atoms with Crippen LogP contribution in [-0.4, -0.2) is 5.11 Å². The molecule has 1 nitrogen and oxygen atoms in total. The number of aliphatic hydroxyl groups is 1. The molecule has 1 aromatic carbocycles. The smallest absolute Gasteiger partial charge is 0.0821 e. The van der Waals surface area contributed by atoms with E-state index in [1.165, 1.54) is 5.56 Å². The minimum Gasteiger partial charge on any atom is -0.388 e. The summed E-state index contributed by atoms with van der Waals surface area (Å²) in [6, 6.07) is 8.46. The fourth-order valence-electron chi connectivity index (χ4n) is 2.60. The Kier molecular flexibility index (Phi) is 4.38. The van der Waals surface area contributed by atoms with Crippen molar-refractivity contribution in [1.82, 2.24) is 0 Å². The van der Waals surface area contributed by atoms with Gasteiger partial charge in [0.1, 0.15) is 0 Å². The van der Waals surface area contributed by atoms with Crippen LogP contribution in [-0.2, 0) is 6.42 Å². The summed E-state index contributed by atoms with van der Waals surface area (Å²) in [7, 11) is 0. The molecule has 0 saturated heterocycles. The highest BCUT2D eigenvalue weighted by atomic mass is 16.3. The van der Waals surface area contributed by atoms with E-state index in [2.05, 4.69) is 43.3 Å². The van der Waals surface area contributed by atoms with Gasteiger partial charge in [-0.2, -0.15) is 0 Å². The zero-order valence-corrected chi connectivity index (χ0v) is 10.6. The van der Waals surface area contributed by atoms with Gasteiger partial charge in [-0.25, -0.2) is 0 Å². The zero-order chi connectivity index (χ0) is 12.1. The Balaban J connectivity index is 2.09. The third kappa shape index (κ3) is 3.19. The van der Waals surface area contributed by atoms with Crippen LogP contribution in [0.2, 0.25) is 0 Å². The average Bonchev–Trinajstić information content (AvgIpc) is 2.40. The first-order valence-electron chi connectivity index (χ1n) is 6.73. The molecule has 0 aliphatic heterocycles. The van der Waals surface area contributed by atoms with Crippen LogP contribution in [0.15, 0.2) is 36.4 Å². The zero-order valence-electron chi connectivity index (χ0n) is 10.6. The van der Waals surface area contributed by atoms with Gasteiger partial charge in [0.25, 0.3) is 0 Å². The molecule has 1 aliphatic rings. The summed E-state index contributed by atoms with van der Waals surface area (Å²) in [5, 5.41) is 10.4. The van der Waals surface area contributed by atoms with Crippen molar-refractivity contribution in [1.29, 1.82) is 0 Å². The lowest BCUT2D eigenvalue weighted by atomic mass is 9.85. The highest BCUT2D eigenvalue weighted by Gasteiger charge is 2.20. The minimum absolute atomic E-state index is 0.295. The van der Waals surface area contributed by atoms with Gasteiger partial charge in [-0.3, -0.25) is 0 Å². The molecule has 1 N–H and O–H groups in total. The number of benzene rings is 1. The van der Waals surface area contributed by atoms with E-state index in [9.17, 15) is 5.11 Å². The summed E-state index contributed by atoms with van der Waals surface area (Å²) in [5.41, 5.74) is 2.44. The minimum atomic E-state index is -0.295. The monoisotopic (exact) mass is 230 g/mol. The van der Waals surface area contributed by atoms with Crippen molar-refractivity contribution in [2.45, 2.75) is 45.1 Å². The SMILES string of the molecule is CCCc1cccc(C(O)C2CC=CCC2)c1. The van der Waals surface area contributed by atoms with Gasteiger partial charge in [-0.15, -0.1) is 0 Å². The Bertz CT molecular complexity index is 381. The first-order valence-corrected chi connectivity index (χ1v) is 6.73. The molecule has 0 spiro atoms. The molecule has 1 heteroatoms. The Morgan fingerprint density at radius 3 is 2.94 bits per heavy atom. The second-order valence-electron chi connectivity index (χ2n) is 4.98. The molecule has 2 unspecified atom stereocenters. The number of rotatable bonds is 4. The second-order valence-corrected chi connectivity index (χ2v) is 4.98. The first kappa shape index (κ1) is 12.4. The van der Waals surface area contributed by atoms with Crippen molar-refractivity contribution in [2.24, 2.45) is 5.92 Å². The topological polar surface area (TPSA) is 20.2 Å². The van der Waals surface area contributed by atoms with E-state index in [0.717, 1.165) is 37.7 Å². The van der Waals surface area contributed by atoms with E-state index in [0.29, 0.717) is 5.92 Å². The molecular formula is C16H22O. The van der Waals surface area contributed by atoms with Gasteiger partial charge < -0.3 is 5.11 Å². The van der Waals surface area contributed by atoms with Crippen LogP contribution in [0.5, 0.6) is 0 Å². The third-order valence-corrected chi connectivity index (χ3v) is 3.59. The van der Waals surface area contributed by atoms with Crippen LogP contribution in [0, 0.1) is 5.92 Å². The fourth-order valence-corrected chi connectivity index (χ4v) is 2.60. The summed E-state index contributed by atoms with van der Waals surface area (Å²) in [6.07, 6.45) is 9.61. The maximum atomic E-state index is 10.4.